The Kier molecular flexibility index (Phi) is 5.33. The van der Waals surface area contributed by atoms with Crippen molar-refractivity contribution in [2.75, 3.05) is 6.61 Å². The molecule has 1 aromatic heterocycles. The predicted molar refractivity (Wildman–Crippen MR) is 88.3 cm³/mol. The van der Waals surface area contributed by atoms with Crippen LogP contribution < -0.4 is 5.32 Å². The van der Waals surface area contributed by atoms with Crippen LogP contribution >= 0.6 is 0 Å². The summed E-state index contributed by atoms with van der Waals surface area (Å²) in [5, 5.41) is 14.5. The molecular weight excluding hydrogens is 310 g/mol. The van der Waals surface area contributed by atoms with E-state index in [4.69, 9.17) is 4.74 Å². The average molecular weight is 331 g/mol. The van der Waals surface area contributed by atoms with Crippen LogP contribution in [0.25, 0.3) is 0 Å². The Balaban J connectivity index is 2.51. The van der Waals surface area contributed by atoms with Crippen LogP contribution in [0.15, 0.2) is 47.2 Å². The molecule has 0 saturated heterocycles. The molecule has 1 atom stereocenters. The van der Waals surface area contributed by atoms with Gasteiger partial charge in [0.2, 0.25) is 0 Å². The molecule has 1 aliphatic heterocycles. The van der Waals surface area contributed by atoms with Crippen molar-refractivity contribution < 1.29 is 14.5 Å². The minimum absolute atomic E-state index is 0.0525. The van der Waals surface area contributed by atoms with E-state index in [1.807, 2.05) is 13.8 Å². The Labute approximate surface area is 140 Å². The van der Waals surface area contributed by atoms with Crippen molar-refractivity contribution in [1.29, 1.82) is 0 Å². The summed E-state index contributed by atoms with van der Waals surface area (Å²) in [6, 6.07) is 3.35. The normalized spacial score (nSPS) is 17.8. The first-order valence-electron chi connectivity index (χ1n) is 7.73. The van der Waals surface area contributed by atoms with Gasteiger partial charge in [0.15, 0.2) is 0 Å². The number of dihydropyridines is 1. The second kappa shape index (κ2) is 7.25. The van der Waals surface area contributed by atoms with Crippen molar-refractivity contribution in [2.45, 2.75) is 33.6 Å². The summed E-state index contributed by atoms with van der Waals surface area (Å²) in [5.41, 5.74) is 1.82. The highest BCUT2D eigenvalue weighted by Gasteiger charge is 2.40. The van der Waals surface area contributed by atoms with Gasteiger partial charge in [0, 0.05) is 18.1 Å². The summed E-state index contributed by atoms with van der Waals surface area (Å²) in [4.78, 5) is 27.7. The largest absolute Gasteiger partial charge is 0.462 e. The highest BCUT2D eigenvalue weighted by molar-refractivity contribution is 5.92. The van der Waals surface area contributed by atoms with Gasteiger partial charge >= 0.3 is 5.97 Å². The van der Waals surface area contributed by atoms with E-state index >= 15 is 0 Å². The van der Waals surface area contributed by atoms with Crippen molar-refractivity contribution in [1.82, 2.24) is 10.3 Å². The van der Waals surface area contributed by atoms with Gasteiger partial charge in [-0.1, -0.05) is 13.8 Å². The molecular formula is C17H21N3O4. The molecule has 24 heavy (non-hydrogen) atoms. The number of allylic oxidation sites excluding steroid dienone is 3. The Morgan fingerprint density at radius 3 is 2.50 bits per heavy atom. The Bertz CT molecular complexity index is 708. The number of carbonyl (C=O) groups excluding carboxylic acids is 1. The van der Waals surface area contributed by atoms with Gasteiger partial charge in [-0.3, -0.25) is 15.1 Å². The second-order valence-corrected chi connectivity index (χ2v) is 6.14. The molecule has 0 aromatic carbocycles. The van der Waals surface area contributed by atoms with E-state index in [0.717, 1.165) is 0 Å². The van der Waals surface area contributed by atoms with Gasteiger partial charge in [-0.2, -0.15) is 0 Å². The van der Waals surface area contributed by atoms with Gasteiger partial charge < -0.3 is 10.1 Å². The van der Waals surface area contributed by atoms with E-state index in [1.54, 1.807) is 38.4 Å². The molecule has 0 amide bonds. The fourth-order valence-electron chi connectivity index (χ4n) is 2.70. The first-order valence-corrected chi connectivity index (χ1v) is 7.73. The third kappa shape index (κ3) is 3.61. The zero-order valence-electron chi connectivity index (χ0n) is 14.2. The van der Waals surface area contributed by atoms with Crippen LogP contribution in [0.1, 0.15) is 39.2 Å². The third-order valence-corrected chi connectivity index (χ3v) is 3.73. The van der Waals surface area contributed by atoms with Crippen LogP contribution in [0.3, 0.4) is 0 Å². The summed E-state index contributed by atoms with van der Waals surface area (Å²) in [5.74, 6) is -1.15. The van der Waals surface area contributed by atoms with Crippen LogP contribution in [0.2, 0.25) is 0 Å². The van der Waals surface area contributed by atoms with Crippen molar-refractivity contribution in [3.63, 3.8) is 0 Å². The molecule has 1 N–H and O–H groups in total. The van der Waals surface area contributed by atoms with Gasteiger partial charge in [-0.15, -0.1) is 0 Å². The monoisotopic (exact) mass is 331 g/mol. The summed E-state index contributed by atoms with van der Waals surface area (Å²) in [6.45, 7) is 7.47. The molecule has 0 bridgehead atoms. The molecule has 0 radical (unpaired) electrons. The minimum atomic E-state index is -0.788. The molecule has 7 heteroatoms. The number of nitrogens with zero attached hydrogens (tertiary/aromatic N) is 2. The topological polar surface area (TPSA) is 94.4 Å². The van der Waals surface area contributed by atoms with Gasteiger partial charge in [0.25, 0.3) is 5.70 Å². The van der Waals surface area contributed by atoms with Gasteiger partial charge in [0.1, 0.15) is 5.92 Å². The molecule has 1 unspecified atom stereocenters. The standard InChI is InChI=1S/C17H21N3O4/c1-10(2)9-24-17(21)14-11(3)19-12(4)16(20(22)23)15(14)13-5-7-18-8-6-13/h5-8,10,15,19H,9H2,1-4H3. The van der Waals surface area contributed by atoms with E-state index in [9.17, 15) is 14.9 Å². The van der Waals surface area contributed by atoms with Crippen molar-refractivity contribution in [2.24, 2.45) is 5.92 Å². The SMILES string of the molecule is CC1=C(C(=O)OCC(C)C)C(c2ccncc2)C([N+](=O)[O-])=C(C)N1. The molecule has 2 rings (SSSR count). The number of nitrogens with one attached hydrogen (secondary N) is 1. The summed E-state index contributed by atoms with van der Waals surface area (Å²) < 4.78 is 5.33. The molecule has 7 nitrogen and oxygen atoms in total. The van der Waals surface area contributed by atoms with E-state index in [1.165, 1.54) is 0 Å². The molecule has 1 aromatic rings. The maximum Gasteiger partial charge on any atom is 0.337 e. The summed E-state index contributed by atoms with van der Waals surface area (Å²) in [6.07, 6.45) is 3.10. The molecule has 2 heterocycles. The van der Waals surface area contributed by atoms with Crippen molar-refractivity contribution in [3.05, 3.63) is 62.9 Å². The number of nitro groups is 1. The van der Waals surface area contributed by atoms with Crippen LogP contribution in [0.4, 0.5) is 0 Å². The first kappa shape index (κ1) is 17.7. The maximum atomic E-state index is 12.6. The maximum absolute atomic E-state index is 12.6. The molecule has 0 spiro atoms. The number of carbonyl (C=O) groups is 1. The van der Waals surface area contributed by atoms with Crippen molar-refractivity contribution in [3.8, 4) is 0 Å². The van der Waals surface area contributed by atoms with E-state index < -0.39 is 16.8 Å². The average Bonchev–Trinajstić information content (AvgIpc) is 2.52. The predicted octanol–water partition coefficient (Wildman–Crippen LogP) is 2.75. The number of aromatic nitrogens is 1. The van der Waals surface area contributed by atoms with Gasteiger partial charge in [-0.25, -0.2) is 4.79 Å². The van der Waals surface area contributed by atoms with Crippen LogP contribution in [0.5, 0.6) is 0 Å². The van der Waals surface area contributed by atoms with Crippen LogP contribution in [0, 0.1) is 16.0 Å². The van der Waals surface area contributed by atoms with Crippen LogP contribution in [-0.4, -0.2) is 22.5 Å². The molecule has 128 valence electrons. The Hall–Kier alpha value is -2.70. The molecule has 0 fully saturated rings. The Morgan fingerprint density at radius 1 is 1.33 bits per heavy atom. The first-order chi connectivity index (χ1) is 11.3. The van der Waals surface area contributed by atoms with Crippen LogP contribution in [-0.2, 0) is 9.53 Å². The fourth-order valence-corrected chi connectivity index (χ4v) is 2.70. The molecule has 0 aliphatic carbocycles. The number of hydrogen-bond donors (Lipinski definition) is 1. The van der Waals surface area contributed by atoms with E-state index in [0.29, 0.717) is 17.0 Å². The zero-order valence-corrected chi connectivity index (χ0v) is 14.2. The lowest BCUT2D eigenvalue weighted by molar-refractivity contribution is -0.431. The van der Waals surface area contributed by atoms with E-state index in [-0.39, 0.29) is 23.8 Å². The van der Waals surface area contributed by atoms with Crippen molar-refractivity contribution >= 4 is 5.97 Å². The highest BCUT2D eigenvalue weighted by Crippen LogP contribution is 2.38. The lowest BCUT2D eigenvalue weighted by Gasteiger charge is -2.26. The second-order valence-electron chi connectivity index (χ2n) is 6.14. The molecule has 1 aliphatic rings. The smallest absolute Gasteiger partial charge is 0.337 e. The van der Waals surface area contributed by atoms with Gasteiger partial charge in [0.05, 0.1) is 22.8 Å². The zero-order chi connectivity index (χ0) is 17.9. The molecule has 0 saturated carbocycles. The number of rotatable bonds is 5. The lowest BCUT2D eigenvalue weighted by atomic mass is 9.84. The lowest BCUT2D eigenvalue weighted by Crippen LogP contribution is -2.32. The Morgan fingerprint density at radius 2 is 1.96 bits per heavy atom. The number of pyridine rings is 1. The minimum Gasteiger partial charge on any atom is -0.462 e. The van der Waals surface area contributed by atoms with E-state index in [2.05, 4.69) is 10.3 Å². The number of ether oxygens (including phenoxy) is 1. The quantitative estimate of drug-likeness (QED) is 0.506. The highest BCUT2D eigenvalue weighted by atomic mass is 16.6. The summed E-state index contributed by atoms with van der Waals surface area (Å²) >= 11 is 0. The summed E-state index contributed by atoms with van der Waals surface area (Å²) in [7, 11) is 0. The number of hydrogen-bond acceptors (Lipinski definition) is 6. The number of esters is 1. The van der Waals surface area contributed by atoms with Gasteiger partial charge in [-0.05, 0) is 37.5 Å². The third-order valence-electron chi connectivity index (χ3n) is 3.73. The fraction of sp³-hybridized carbons (Fsp3) is 0.412.